The molecule has 1 N–H and O–H groups in total. The van der Waals surface area contributed by atoms with Crippen LogP contribution in [0.5, 0.6) is 0 Å². The highest BCUT2D eigenvalue weighted by atomic mass is 79.9. The quantitative estimate of drug-likeness (QED) is 0.877. The molecule has 0 saturated heterocycles. The van der Waals surface area contributed by atoms with E-state index < -0.39 is 0 Å². The second kappa shape index (κ2) is 6.58. The molecule has 0 spiro atoms. The first-order valence-corrected chi connectivity index (χ1v) is 7.37. The van der Waals surface area contributed by atoms with Gasteiger partial charge in [-0.1, -0.05) is 28.9 Å². The molecular formula is C15H25BrN2. The van der Waals surface area contributed by atoms with Gasteiger partial charge in [0.1, 0.15) is 0 Å². The summed E-state index contributed by atoms with van der Waals surface area (Å²) in [5.74, 6) is 0. The average Bonchev–Trinajstić information content (AvgIpc) is 2.26. The van der Waals surface area contributed by atoms with Crippen LogP contribution in [-0.4, -0.2) is 19.1 Å². The maximum Gasteiger partial charge on any atom is 0.0420 e. The Kier molecular flexibility index (Phi) is 5.67. The van der Waals surface area contributed by atoms with Crippen LogP contribution in [-0.2, 0) is 6.54 Å². The molecule has 1 rings (SSSR count). The first kappa shape index (κ1) is 15.5. The molecule has 0 saturated carbocycles. The van der Waals surface area contributed by atoms with E-state index in [1.807, 2.05) is 0 Å². The van der Waals surface area contributed by atoms with Gasteiger partial charge >= 0.3 is 0 Å². The van der Waals surface area contributed by atoms with Crippen LogP contribution in [0, 0.1) is 0 Å². The van der Waals surface area contributed by atoms with Gasteiger partial charge in [0.25, 0.3) is 0 Å². The number of rotatable bonds is 5. The van der Waals surface area contributed by atoms with E-state index in [9.17, 15) is 0 Å². The van der Waals surface area contributed by atoms with Crippen LogP contribution in [0.15, 0.2) is 22.7 Å². The van der Waals surface area contributed by atoms with Crippen molar-refractivity contribution in [3.05, 3.63) is 28.2 Å². The standard InChI is InChI=1S/C15H25BrN2/c1-6-9-18(5)14-10-13(16)8-7-12(14)11-17-15(2,3)4/h7-8,10,17H,6,9,11H2,1-5H3. The molecule has 18 heavy (non-hydrogen) atoms. The summed E-state index contributed by atoms with van der Waals surface area (Å²) < 4.78 is 1.14. The van der Waals surface area contributed by atoms with E-state index in [1.54, 1.807) is 0 Å². The SMILES string of the molecule is CCCN(C)c1cc(Br)ccc1CNC(C)(C)C. The smallest absolute Gasteiger partial charge is 0.0420 e. The Morgan fingerprint density at radius 2 is 1.94 bits per heavy atom. The zero-order chi connectivity index (χ0) is 13.8. The molecule has 0 bridgehead atoms. The topological polar surface area (TPSA) is 15.3 Å². The lowest BCUT2D eigenvalue weighted by atomic mass is 10.1. The van der Waals surface area contributed by atoms with Gasteiger partial charge < -0.3 is 10.2 Å². The van der Waals surface area contributed by atoms with Gasteiger partial charge in [0.15, 0.2) is 0 Å². The minimum absolute atomic E-state index is 0.146. The molecule has 0 aliphatic rings. The zero-order valence-electron chi connectivity index (χ0n) is 12.2. The van der Waals surface area contributed by atoms with Crippen LogP contribution < -0.4 is 10.2 Å². The molecule has 0 aliphatic heterocycles. The van der Waals surface area contributed by atoms with Crippen LogP contribution in [0.3, 0.4) is 0 Å². The Morgan fingerprint density at radius 3 is 2.50 bits per heavy atom. The summed E-state index contributed by atoms with van der Waals surface area (Å²) in [6, 6.07) is 6.52. The van der Waals surface area contributed by atoms with E-state index in [-0.39, 0.29) is 5.54 Å². The summed E-state index contributed by atoms with van der Waals surface area (Å²) in [6.07, 6.45) is 1.16. The van der Waals surface area contributed by atoms with Crippen molar-refractivity contribution in [3.63, 3.8) is 0 Å². The van der Waals surface area contributed by atoms with Crippen LogP contribution in [0.2, 0.25) is 0 Å². The molecule has 2 nitrogen and oxygen atoms in total. The van der Waals surface area contributed by atoms with E-state index in [0.29, 0.717) is 0 Å². The number of halogens is 1. The first-order chi connectivity index (χ1) is 8.33. The van der Waals surface area contributed by atoms with Crippen molar-refractivity contribution in [2.75, 3.05) is 18.5 Å². The van der Waals surface area contributed by atoms with E-state index in [4.69, 9.17) is 0 Å². The normalized spacial score (nSPS) is 11.7. The van der Waals surface area contributed by atoms with Crippen LogP contribution >= 0.6 is 15.9 Å². The molecule has 0 unspecified atom stereocenters. The Balaban J connectivity index is 2.89. The number of nitrogens with zero attached hydrogens (tertiary/aromatic N) is 1. The maximum atomic E-state index is 3.56. The van der Waals surface area contributed by atoms with E-state index >= 15 is 0 Å². The molecule has 0 heterocycles. The molecule has 1 aromatic carbocycles. The van der Waals surface area contributed by atoms with Crippen molar-refractivity contribution >= 4 is 21.6 Å². The Bertz CT molecular complexity index is 383. The second-order valence-corrected chi connectivity index (χ2v) is 6.71. The Labute approximate surface area is 120 Å². The molecule has 0 radical (unpaired) electrons. The summed E-state index contributed by atoms with van der Waals surface area (Å²) in [4.78, 5) is 2.32. The van der Waals surface area contributed by atoms with Gasteiger partial charge in [-0.25, -0.2) is 0 Å². The predicted molar refractivity (Wildman–Crippen MR) is 84.3 cm³/mol. The fourth-order valence-corrected chi connectivity index (χ4v) is 2.21. The van der Waals surface area contributed by atoms with E-state index in [2.05, 4.69) is 79.1 Å². The molecule has 0 amide bonds. The molecule has 3 heteroatoms. The summed E-state index contributed by atoms with van der Waals surface area (Å²) in [7, 11) is 2.16. The third-order valence-corrected chi connectivity index (χ3v) is 3.32. The molecule has 102 valence electrons. The molecule has 1 aromatic rings. The van der Waals surface area contributed by atoms with Crippen molar-refractivity contribution in [2.45, 2.75) is 46.2 Å². The average molecular weight is 313 g/mol. The summed E-state index contributed by atoms with van der Waals surface area (Å²) in [6.45, 7) is 10.8. The molecule has 0 atom stereocenters. The molecular weight excluding hydrogens is 288 g/mol. The van der Waals surface area contributed by atoms with Crippen LogP contribution in [0.25, 0.3) is 0 Å². The number of anilines is 1. The van der Waals surface area contributed by atoms with E-state index in [1.165, 1.54) is 11.3 Å². The van der Waals surface area contributed by atoms with Gasteiger partial charge in [-0.3, -0.25) is 0 Å². The fraction of sp³-hybridized carbons (Fsp3) is 0.600. The molecule has 0 aliphatic carbocycles. The third kappa shape index (κ3) is 4.99. The van der Waals surface area contributed by atoms with Gasteiger partial charge in [-0.15, -0.1) is 0 Å². The summed E-state index contributed by atoms with van der Waals surface area (Å²) in [5.41, 5.74) is 2.81. The van der Waals surface area contributed by atoms with Crippen molar-refractivity contribution in [1.82, 2.24) is 5.32 Å². The van der Waals surface area contributed by atoms with Gasteiger partial charge in [0.2, 0.25) is 0 Å². The lowest BCUT2D eigenvalue weighted by Gasteiger charge is -2.25. The second-order valence-electron chi connectivity index (χ2n) is 5.80. The lowest BCUT2D eigenvalue weighted by molar-refractivity contribution is 0.424. The minimum Gasteiger partial charge on any atom is -0.374 e. The monoisotopic (exact) mass is 312 g/mol. The Hall–Kier alpha value is -0.540. The predicted octanol–water partition coefficient (Wildman–Crippen LogP) is 4.18. The van der Waals surface area contributed by atoms with Gasteiger partial charge in [-0.2, -0.15) is 0 Å². The van der Waals surface area contributed by atoms with E-state index in [0.717, 1.165) is 24.0 Å². The highest BCUT2D eigenvalue weighted by molar-refractivity contribution is 9.10. The highest BCUT2D eigenvalue weighted by Gasteiger charge is 2.12. The van der Waals surface area contributed by atoms with Crippen molar-refractivity contribution in [2.24, 2.45) is 0 Å². The number of benzene rings is 1. The van der Waals surface area contributed by atoms with Gasteiger partial charge in [-0.05, 0) is 44.9 Å². The zero-order valence-corrected chi connectivity index (χ0v) is 13.8. The largest absolute Gasteiger partial charge is 0.374 e. The number of nitrogens with one attached hydrogen (secondary N) is 1. The fourth-order valence-electron chi connectivity index (χ4n) is 1.86. The Morgan fingerprint density at radius 1 is 1.28 bits per heavy atom. The summed E-state index contributed by atoms with van der Waals surface area (Å²) >= 11 is 3.56. The maximum absolute atomic E-state index is 3.56. The molecule has 0 aromatic heterocycles. The van der Waals surface area contributed by atoms with Crippen LogP contribution in [0.1, 0.15) is 39.7 Å². The third-order valence-electron chi connectivity index (χ3n) is 2.83. The van der Waals surface area contributed by atoms with Crippen molar-refractivity contribution < 1.29 is 0 Å². The number of hydrogen-bond donors (Lipinski definition) is 1. The van der Waals surface area contributed by atoms with Crippen molar-refractivity contribution in [1.29, 1.82) is 0 Å². The lowest BCUT2D eigenvalue weighted by Crippen LogP contribution is -2.35. The van der Waals surface area contributed by atoms with Gasteiger partial charge in [0, 0.05) is 35.8 Å². The van der Waals surface area contributed by atoms with Gasteiger partial charge in [0.05, 0.1) is 0 Å². The molecule has 0 fully saturated rings. The number of hydrogen-bond acceptors (Lipinski definition) is 2. The van der Waals surface area contributed by atoms with Crippen LogP contribution in [0.4, 0.5) is 5.69 Å². The van der Waals surface area contributed by atoms with Crippen molar-refractivity contribution in [3.8, 4) is 0 Å². The summed E-state index contributed by atoms with van der Waals surface area (Å²) in [5, 5.41) is 3.55. The highest BCUT2D eigenvalue weighted by Crippen LogP contribution is 2.25. The minimum atomic E-state index is 0.146. The first-order valence-electron chi connectivity index (χ1n) is 6.58.